The number of nitrogens with zero attached hydrogens (tertiary/aromatic N) is 2. The molecule has 2 rings (SSSR count). The van der Waals surface area contributed by atoms with Crippen molar-refractivity contribution in [1.29, 1.82) is 0 Å². The van der Waals surface area contributed by atoms with Crippen molar-refractivity contribution in [3.05, 3.63) is 24.3 Å². The van der Waals surface area contributed by atoms with E-state index in [-0.39, 0.29) is 18.4 Å². The van der Waals surface area contributed by atoms with Crippen molar-refractivity contribution in [1.82, 2.24) is 9.80 Å². The Morgan fingerprint density at radius 3 is 2.85 bits per heavy atom. The summed E-state index contributed by atoms with van der Waals surface area (Å²) in [5, 5.41) is 2.81. The van der Waals surface area contributed by atoms with E-state index >= 15 is 0 Å². The molecule has 0 radical (unpaired) electrons. The van der Waals surface area contributed by atoms with Gasteiger partial charge in [0.1, 0.15) is 5.75 Å². The van der Waals surface area contributed by atoms with Crippen LogP contribution in [0.2, 0.25) is 0 Å². The highest BCUT2D eigenvalue weighted by molar-refractivity contribution is 5.94. The second-order valence-corrected chi connectivity index (χ2v) is 7.39. The molecule has 1 saturated heterocycles. The first-order chi connectivity index (χ1) is 13.0. The van der Waals surface area contributed by atoms with Crippen LogP contribution in [-0.4, -0.2) is 62.0 Å². The van der Waals surface area contributed by atoms with Crippen molar-refractivity contribution in [2.75, 3.05) is 45.7 Å². The predicted molar refractivity (Wildman–Crippen MR) is 108 cm³/mol. The summed E-state index contributed by atoms with van der Waals surface area (Å²) in [6.07, 6.45) is 6.09. The van der Waals surface area contributed by atoms with E-state index in [0.717, 1.165) is 25.4 Å². The smallest absolute Gasteiger partial charge is 0.243 e. The van der Waals surface area contributed by atoms with Crippen LogP contribution >= 0.6 is 0 Å². The molecule has 0 aromatic heterocycles. The van der Waals surface area contributed by atoms with Crippen molar-refractivity contribution in [2.45, 2.75) is 39.0 Å². The minimum atomic E-state index is -0.210. The van der Waals surface area contributed by atoms with E-state index in [2.05, 4.69) is 17.1 Å². The quantitative estimate of drug-likeness (QED) is 0.759. The normalized spacial score (nSPS) is 17.8. The Balaban J connectivity index is 1.78. The maximum atomic E-state index is 12.5. The van der Waals surface area contributed by atoms with Gasteiger partial charge in [-0.1, -0.05) is 25.8 Å². The minimum Gasteiger partial charge on any atom is -0.497 e. The Kier molecular flexibility index (Phi) is 8.58. The van der Waals surface area contributed by atoms with Crippen LogP contribution in [0, 0.1) is 5.92 Å². The predicted octanol–water partition coefficient (Wildman–Crippen LogP) is 2.99. The van der Waals surface area contributed by atoms with Gasteiger partial charge >= 0.3 is 0 Å². The molecule has 1 N–H and O–H groups in total. The van der Waals surface area contributed by atoms with Crippen LogP contribution < -0.4 is 10.1 Å². The van der Waals surface area contributed by atoms with Crippen LogP contribution in [0.25, 0.3) is 0 Å². The number of carbonyl (C=O) groups is 2. The number of rotatable bonds is 8. The number of hydrogen-bond donors (Lipinski definition) is 1. The average molecular weight is 376 g/mol. The van der Waals surface area contributed by atoms with Gasteiger partial charge in [-0.25, -0.2) is 0 Å². The molecule has 1 aliphatic rings. The van der Waals surface area contributed by atoms with Crippen molar-refractivity contribution in [3.63, 3.8) is 0 Å². The first-order valence-corrected chi connectivity index (χ1v) is 9.92. The lowest BCUT2D eigenvalue weighted by atomic mass is 9.96. The van der Waals surface area contributed by atoms with Crippen molar-refractivity contribution >= 4 is 17.5 Å². The number of nitrogens with one attached hydrogen (secondary N) is 1. The third-order valence-electron chi connectivity index (χ3n) is 5.16. The first-order valence-electron chi connectivity index (χ1n) is 9.92. The van der Waals surface area contributed by atoms with Crippen molar-refractivity contribution in [2.24, 2.45) is 5.92 Å². The molecule has 2 amide bonds. The molecule has 1 aromatic rings. The monoisotopic (exact) mass is 375 g/mol. The van der Waals surface area contributed by atoms with Crippen LogP contribution in [-0.2, 0) is 9.59 Å². The third kappa shape index (κ3) is 7.21. The van der Waals surface area contributed by atoms with E-state index < -0.39 is 0 Å². The second-order valence-electron chi connectivity index (χ2n) is 7.39. The minimum absolute atomic E-state index is 0.00951. The first kappa shape index (κ1) is 21.2. The van der Waals surface area contributed by atoms with E-state index in [1.165, 1.54) is 30.6 Å². The maximum Gasteiger partial charge on any atom is 0.243 e. The molecule has 1 aromatic carbocycles. The van der Waals surface area contributed by atoms with E-state index in [1.54, 1.807) is 26.3 Å². The fourth-order valence-electron chi connectivity index (χ4n) is 3.60. The van der Waals surface area contributed by atoms with Crippen LogP contribution in [0.3, 0.4) is 0 Å². The Bertz CT molecular complexity index is 620. The SMILES string of the molecule is CCCC1CCCN(CC(=O)N(C)CC(=O)Nc2cccc(OC)c2)CC1. The summed E-state index contributed by atoms with van der Waals surface area (Å²) in [4.78, 5) is 28.5. The summed E-state index contributed by atoms with van der Waals surface area (Å²) in [6, 6.07) is 7.18. The molecule has 150 valence electrons. The summed E-state index contributed by atoms with van der Waals surface area (Å²) in [6.45, 7) is 4.61. The van der Waals surface area contributed by atoms with Gasteiger partial charge in [-0.15, -0.1) is 0 Å². The van der Waals surface area contributed by atoms with Gasteiger partial charge < -0.3 is 15.0 Å². The molecule has 0 saturated carbocycles. The zero-order chi connectivity index (χ0) is 19.6. The molecule has 0 aliphatic carbocycles. The Hall–Kier alpha value is -2.08. The van der Waals surface area contributed by atoms with Gasteiger partial charge in [-0.05, 0) is 50.4 Å². The number of likely N-dealkylation sites (N-methyl/N-ethyl adjacent to an activating group) is 1. The number of likely N-dealkylation sites (tertiary alicyclic amines) is 1. The number of benzene rings is 1. The van der Waals surface area contributed by atoms with E-state index in [0.29, 0.717) is 18.0 Å². The Morgan fingerprint density at radius 1 is 1.30 bits per heavy atom. The fourth-order valence-corrected chi connectivity index (χ4v) is 3.60. The molecule has 0 bridgehead atoms. The van der Waals surface area contributed by atoms with Gasteiger partial charge in [0.2, 0.25) is 11.8 Å². The fraction of sp³-hybridized carbons (Fsp3) is 0.619. The topological polar surface area (TPSA) is 61.9 Å². The van der Waals surface area contributed by atoms with Crippen LogP contribution in [0.1, 0.15) is 39.0 Å². The molecular formula is C21H33N3O3. The van der Waals surface area contributed by atoms with E-state index in [9.17, 15) is 9.59 Å². The molecule has 6 heteroatoms. The van der Waals surface area contributed by atoms with Gasteiger partial charge in [0.25, 0.3) is 0 Å². The molecule has 0 spiro atoms. The van der Waals surface area contributed by atoms with E-state index in [4.69, 9.17) is 4.74 Å². The zero-order valence-electron chi connectivity index (χ0n) is 16.9. The summed E-state index contributed by atoms with van der Waals surface area (Å²) in [5.74, 6) is 1.25. The molecular weight excluding hydrogens is 342 g/mol. The van der Waals surface area contributed by atoms with Gasteiger partial charge in [0.05, 0.1) is 20.2 Å². The largest absolute Gasteiger partial charge is 0.497 e. The highest BCUT2D eigenvalue weighted by atomic mass is 16.5. The lowest BCUT2D eigenvalue weighted by molar-refractivity contribution is -0.134. The lowest BCUT2D eigenvalue weighted by Crippen LogP contribution is -2.42. The van der Waals surface area contributed by atoms with Crippen molar-refractivity contribution in [3.8, 4) is 5.75 Å². The van der Waals surface area contributed by atoms with Crippen molar-refractivity contribution < 1.29 is 14.3 Å². The van der Waals surface area contributed by atoms with E-state index in [1.807, 2.05) is 12.1 Å². The number of methoxy groups -OCH3 is 1. The van der Waals surface area contributed by atoms with Crippen LogP contribution in [0.5, 0.6) is 5.75 Å². The third-order valence-corrected chi connectivity index (χ3v) is 5.16. The molecule has 27 heavy (non-hydrogen) atoms. The highest BCUT2D eigenvalue weighted by Gasteiger charge is 2.20. The summed E-state index contributed by atoms with van der Waals surface area (Å²) < 4.78 is 5.15. The molecule has 1 aliphatic heterocycles. The molecule has 1 unspecified atom stereocenters. The number of amides is 2. The Morgan fingerprint density at radius 2 is 2.11 bits per heavy atom. The summed E-state index contributed by atoms with van der Waals surface area (Å²) >= 11 is 0. The summed E-state index contributed by atoms with van der Waals surface area (Å²) in [5.41, 5.74) is 0.662. The van der Waals surface area contributed by atoms with Crippen LogP contribution in [0.4, 0.5) is 5.69 Å². The Labute approximate surface area is 162 Å². The standard InChI is InChI=1S/C21H33N3O3/c1-4-7-17-8-6-12-24(13-11-17)16-21(26)23(2)15-20(25)22-18-9-5-10-19(14-18)27-3/h5,9-10,14,17H,4,6-8,11-13,15-16H2,1-3H3,(H,22,25). The number of ether oxygens (including phenoxy) is 1. The maximum absolute atomic E-state index is 12.5. The average Bonchev–Trinajstić information content (AvgIpc) is 2.87. The number of anilines is 1. The molecule has 1 heterocycles. The van der Waals surface area contributed by atoms with Crippen LogP contribution in [0.15, 0.2) is 24.3 Å². The van der Waals surface area contributed by atoms with Gasteiger partial charge in [0, 0.05) is 18.8 Å². The lowest BCUT2D eigenvalue weighted by Gasteiger charge is -2.23. The second kappa shape index (κ2) is 10.9. The molecule has 6 nitrogen and oxygen atoms in total. The van der Waals surface area contributed by atoms with Gasteiger partial charge in [0.15, 0.2) is 0 Å². The highest BCUT2D eigenvalue weighted by Crippen LogP contribution is 2.22. The number of hydrogen-bond acceptors (Lipinski definition) is 4. The number of carbonyl (C=O) groups excluding carboxylic acids is 2. The zero-order valence-corrected chi connectivity index (χ0v) is 16.9. The van der Waals surface area contributed by atoms with Gasteiger partial charge in [-0.3, -0.25) is 14.5 Å². The molecule has 1 atom stereocenters. The summed E-state index contributed by atoms with van der Waals surface area (Å²) in [7, 11) is 3.27. The molecule has 1 fully saturated rings. The van der Waals surface area contributed by atoms with Gasteiger partial charge in [-0.2, -0.15) is 0 Å².